The van der Waals surface area contributed by atoms with Crippen LogP contribution < -0.4 is 10.6 Å². The molecule has 0 bridgehead atoms. The van der Waals surface area contributed by atoms with E-state index in [-0.39, 0.29) is 30.7 Å². The Labute approximate surface area is 218 Å². The van der Waals surface area contributed by atoms with Crippen LogP contribution in [-0.4, -0.2) is 92.6 Å². The zero-order chi connectivity index (χ0) is 28.7. The van der Waals surface area contributed by atoms with Gasteiger partial charge in [-0.1, -0.05) is 41.5 Å². The lowest BCUT2D eigenvalue weighted by Gasteiger charge is -2.40. The van der Waals surface area contributed by atoms with Gasteiger partial charge in [0, 0.05) is 18.6 Å². The van der Waals surface area contributed by atoms with Crippen molar-refractivity contribution in [2.24, 2.45) is 22.7 Å². The Hall–Kier alpha value is -2.97. The number of amides is 3. The number of hydrogen-bond acceptors (Lipinski definition) is 9. The van der Waals surface area contributed by atoms with Gasteiger partial charge >= 0.3 is 13.3 Å². The van der Waals surface area contributed by atoms with Gasteiger partial charge in [0.2, 0.25) is 12.3 Å². The normalized spacial score (nSPS) is 15.0. The van der Waals surface area contributed by atoms with Gasteiger partial charge in [-0.2, -0.15) is 0 Å². The fraction of sp³-hybridized carbons (Fsp3) is 0.696. The summed E-state index contributed by atoms with van der Waals surface area (Å²) in [5, 5.41) is 39.5. The van der Waals surface area contributed by atoms with Crippen molar-refractivity contribution >= 4 is 37.7 Å². The third kappa shape index (κ3) is 13.8. The molecule has 0 saturated heterocycles. The summed E-state index contributed by atoms with van der Waals surface area (Å²) in [5.74, 6) is -1.89. The van der Waals surface area contributed by atoms with Gasteiger partial charge in [-0.05, 0) is 37.0 Å². The summed E-state index contributed by atoms with van der Waals surface area (Å²) >= 11 is 0. The molecule has 3 atom stereocenters. The molecule has 0 aliphatic carbocycles. The average Bonchev–Trinajstić information content (AvgIpc) is 2.77. The zero-order valence-electron chi connectivity index (χ0n) is 22.4. The van der Waals surface area contributed by atoms with E-state index in [9.17, 15) is 24.3 Å². The molecule has 210 valence electrons. The number of carboxylic acids is 1. The molecule has 0 aromatic heterocycles. The lowest BCUT2D eigenvalue weighted by Crippen LogP contribution is -2.61. The Morgan fingerprint density at radius 3 is 1.92 bits per heavy atom. The minimum atomic E-state index is -2.17. The molecule has 0 saturated carbocycles. The summed E-state index contributed by atoms with van der Waals surface area (Å²) in [6.45, 7) is 11.7. The molecule has 0 fully saturated rings. The summed E-state index contributed by atoms with van der Waals surface area (Å²) < 4.78 is 0. The highest BCUT2D eigenvalue weighted by atomic mass is 16.5. The van der Waals surface area contributed by atoms with Crippen molar-refractivity contribution < 1.29 is 39.4 Å². The predicted molar refractivity (Wildman–Crippen MR) is 138 cm³/mol. The number of nitrogens with zero attached hydrogens (tertiary/aromatic N) is 3. The predicted octanol–water partition coefficient (Wildman–Crippen LogP) is -0.273. The minimum Gasteiger partial charge on any atom is -0.480 e. The van der Waals surface area contributed by atoms with Gasteiger partial charge in [0.15, 0.2) is 6.04 Å². The van der Waals surface area contributed by atoms with E-state index in [4.69, 9.17) is 15.1 Å². The summed E-state index contributed by atoms with van der Waals surface area (Å²) in [5.41, 5.74) is 0. The molecule has 0 unspecified atom stereocenters. The average molecular weight is 527 g/mol. The second-order valence-electron chi connectivity index (χ2n) is 9.92. The molecule has 0 aromatic rings. The number of carboxylic acid groups (broad SMARTS) is 1. The van der Waals surface area contributed by atoms with Crippen molar-refractivity contribution in [2.75, 3.05) is 6.54 Å². The molecule has 0 aromatic carbocycles. The largest absolute Gasteiger partial charge is 0.631 e. The monoisotopic (exact) mass is 527 g/mol. The smallest absolute Gasteiger partial charge is 0.480 e. The van der Waals surface area contributed by atoms with Crippen LogP contribution >= 0.6 is 0 Å². The third-order valence-electron chi connectivity index (χ3n) is 5.09. The molecule has 1 aliphatic heterocycles. The van der Waals surface area contributed by atoms with E-state index < -0.39 is 43.2 Å². The molecular weight excluding hydrogens is 485 g/mol. The van der Waals surface area contributed by atoms with Crippen LogP contribution in [0.15, 0.2) is 17.4 Å². The van der Waals surface area contributed by atoms with E-state index in [1.807, 2.05) is 41.5 Å². The molecule has 3 amide bonds. The number of aliphatic imine (C=N–C) groups is 1. The van der Waals surface area contributed by atoms with E-state index in [0.717, 1.165) is 0 Å². The lowest BCUT2D eigenvalue weighted by atomic mass is 9.98. The Morgan fingerprint density at radius 2 is 1.51 bits per heavy atom. The minimum absolute atomic E-state index is 0.0224. The highest BCUT2D eigenvalue weighted by molar-refractivity contribution is 6.30. The van der Waals surface area contributed by atoms with E-state index >= 15 is 0 Å². The highest BCUT2D eigenvalue weighted by Crippen LogP contribution is 2.20. The Morgan fingerprint density at radius 1 is 1.00 bits per heavy atom. The standard InChI is InChI=1S/C23H39N5O5.BH3O3/c1-15(2)11-18(25-14-29)21(30)26-19(12-16(3)4)22(31)28(27-9-7-24-8-10-27)20(23(32)33)13-17(5)6;2-1(3)4/h7-9,14-20H,10-13H2,1-6H3,(H,25,29)(H,26,30)(H,32,33);2-4H/t18-,19-,20-;/m0./s1. The first kappa shape index (κ1) is 34.0. The maximum absolute atomic E-state index is 13.8. The number of carbonyl (C=O) groups excluding carboxylic acids is 3. The van der Waals surface area contributed by atoms with Gasteiger partial charge in [-0.15, -0.1) is 0 Å². The van der Waals surface area contributed by atoms with Crippen molar-refractivity contribution in [3.05, 3.63) is 12.4 Å². The summed E-state index contributed by atoms with van der Waals surface area (Å²) in [6.07, 6.45) is 6.06. The zero-order valence-corrected chi connectivity index (χ0v) is 22.4. The van der Waals surface area contributed by atoms with Gasteiger partial charge in [0.05, 0.1) is 6.54 Å². The summed E-state index contributed by atoms with van der Waals surface area (Å²) in [6, 6.07) is -2.85. The van der Waals surface area contributed by atoms with Gasteiger partial charge in [-0.3, -0.25) is 24.4 Å². The number of aliphatic carboxylic acids is 1. The molecule has 0 spiro atoms. The maximum atomic E-state index is 13.8. The van der Waals surface area contributed by atoms with Gasteiger partial charge in [-0.25, -0.2) is 9.80 Å². The first-order chi connectivity index (χ1) is 17.2. The second kappa shape index (κ2) is 17.5. The van der Waals surface area contributed by atoms with Crippen LogP contribution in [0.1, 0.15) is 60.8 Å². The second-order valence-corrected chi connectivity index (χ2v) is 9.92. The summed E-state index contributed by atoms with van der Waals surface area (Å²) in [7, 11) is -2.17. The quantitative estimate of drug-likeness (QED) is 0.130. The molecule has 1 rings (SSSR count). The molecule has 37 heavy (non-hydrogen) atoms. The lowest BCUT2D eigenvalue weighted by molar-refractivity contribution is -0.166. The van der Waals surface area contributed by atoms with Gasteiger partial charge in [0.1, 0.15) is 12.1 Å². The molecule has 6 N–H and O–H groups in total. The Balaban J connectivity index is 0.00000300. The topological polar surface area (TPSA) is 192 Å². The SMILES string of the molecule is CC(C)C[C@H](NC=O)C(=O)N[C@@H](CC(C)C)C(=O)N([C@@H](CC(C)C)C(=O)O)N1C=CN=CC1.OB(O)O. The molecular formula is C23H42BN5O8. The molecule has 14 heteroatoms. The fourth-order valence-electron chi connectivity index (χ4n) is 3.67. The third-order valence-corrected chi connectivity index (χ3v) is 5.09. The number of nitrogens with one attached hydrogen (secondary N) is 2. The van der Waals surface area contributed by atoms with Crippen molar-refractivity contribution in [3.8, 4) is 0 Å². The van der Waals surface area contributed by atoms with Crippen LogP contribution in [0.3, 0.4) is 0 Å². The van der Waals surface area contributed by atoms with E-state index in [2.05, 4.69) is 15.6 Å². The Bertz CT molecular complexity index is 788. The maximum Gasteiger partial charge on any atom is 0.631 e. The van der Waals surface area contributed by atoms with Crippen LogP contribution in [0.4, 0.5) is 0 Å². The number of hydrazine groups is 1. The molecule has 13 nitrogen and oxygen atoms in total. The molecule has 0 radical (unpaired) electrons. The first-order valence-electron chi connectivity index (χ1n) is 12.3. The van der Waals surface area contributed by atoms with Crippen LogP contribution in [0.2, 0.25) is 0 Å². The van der Waals surface area contributed by atoms with Gasteiger partial charge < -0.3 is 30.8 Å². The number of hydrogen-bond donors (Lipinski definition) is 6. The van der Waals surface area contributed by atoms with Crippen LogP contribution in [0.5, 0.6) is 0 Å². The van der Waals surface area contributed by atoms with Crippen LogP contribution in [0.25, 0.3) is 0 Å². The van der Waals surface area contributed by atoms with E-state index in [1.54, 1.807) is 12.4 Å². The summed E-state index contributed by atoms with van der Waals surface area (Å²) in [4.78, 5) is 54.0. The molecule has 1 heterocycles. The van der Waals surface area contributed by atoms with Crippen LogP contribution in [0, 0.1) is 17.8 Å². The van der Waals surface area contributed by atoms with Crippen LogP contribution in [-0.2, 0) is 19.2 Å². The number of carbonyl (C=O) groups is 4. The van der Waals surface area contributed by atoms with Crippen molar-refractivity contribution in [1.29, 1.82) is 0 Å². The molecule has 1 aliphatic rings. The fourth-order valence-corrected chi connectivity index (χ4v) is 3.67. The van der Waals surface area contributed by atoms with Crippen molar-refractivity contribution in [1.82, 2.24) is 20.7 Å². The van der Waals surface area contributed by atoms with Crippen molar-refractivity contribution in [2.45, 2.75) is 78.9 Å². The van der Waals surface area contributed by atoms with E-state index in [0.29, 0.717) is 19.3 Å². The van der Waals surface area contributed by atoms with Gasteiger partial charge in [0.25, 0.3) is 5.91 Å². The van der Waals surface area contributed by atoms with Crippen molar-refractivity contribution in [3.63, 3.8) is 0 Å². The van der Waals surface area contributed by atoms with E-state index in [1.165, 1.54) is 16.2 Å². The number of rotatable bonds is 14. The Kier molecular flexibility index (Phi) is 16.1. The highest BCUT2D eigenvalue weighted by Gasteiger charge is 2.39. The first-order valence-corrected chi connectivity index (χ1v) is 12.3.